The van der Waals surface area contributed by atoms with Crippen LogP contribution in [0.2, 0.25) is 16.6 Å². The number of hydrogen-bond acceptors (Lipinski definition) is 7. The molecular weight excluding hydrogens is 633 g/mol. The van der Waals surface area contributed by atoms with E-state index in [4.69, 9.17) is 28.1 Å². The Morgan fingerprint density at radius 2 is 1.14 bits per heavy atom. The van der Waals surface area contributed by atoms with Gasteiger partial charge in [-0.3, -0.25) is 0 Å². The minimum atomic E-state index is -2.00. The van der Waals surface area contributed by atoms with Crippen LogP contribution in [-0.4, -0.2) is 66.0 Å². The van der Waals surface area contributed by atoms with Crippen molar-refractivity contribution in [3.8, 4) is 5.75 Å². The number of methoxy groups -OCH3 is 2. The zero-order chi connectivity index (χ0) is 36.6. The van der Waals surface area contributed by atoms with Gasteiger partial charge in [0.05, 0.1) is 45.2 Å². The molecule has 0 aliphatic rings. The number of aliphatic hydroxyl groups is 1. The molecule has 2 rings (SSSR count). The van der Waals surface area contributed by atoms with Gasteiger partial charge in [-0.2, -0.15) is 0 Å². The molecular formula is C41H70O7Si. The second-order valence-corrected chi connectivity index (χ2v) is 20.7. The maximum Gasteiger partial charge on any atom is 0.200 e. The van der Waals surface area contributed by atoms with Gasteiger partial charge in [-0.25, -0.2) is 0 Å². The Kier molecular flexibility index (Phi) is 19.7. The molecule has 0 aliphatic heterocycles. The Hall–Kier alpha value is -1.78. The van der Waals surface area contributed by atoms with Crippen LogP contribution in [0.15, 0.2) is 54.6 Å². The summed E-state index contributed by atoms with van der Waals surface area (Å²) >= 11 is 0. The molecule has 0 radical (unpaired) electrons. The number of benzene rings is 2. The fourth-order valence-electron chi connectivity index (χ4n) is 7.72. The van der Waals surface area contributed by atoms with Crippen LogP contribution in [-0.2, 0) is 36.6 Å². The molecule has 0 heterocycles. The van der Waals surface area contributed by atoms with Crippen LogP contribution in [0.25, 0.3) is 0 Å². The molecule has 0 amide bonds. The maximum absolute atomic E-state index is 11.4. The van der Waals surface area contributed by atoms with E-state index in [-0.39, 0.29) is 42.7 Å². The molecule has 0 saturated heterocycles. The predicted molar refractivity (Wildman–Crippen MR) is 203 cm³/mol. The van der Waals surface area contributed by atoms with Gasteiger partial charge in [0.2, 0.25) is 0 Å². The molecule has 8 heteroatoms. The largest absolute Gasteiger partial charge is 0.497 e. The van der Waals surface area contributed by atoms with Crippen LogP contribution < -0.4 is 4.74 Å². The summed E-state index contributed by atoms with van der Waals surface area (Å²) < 4.78 is 36.7. The Morgan fingerprint density at radius 3 is 1.65 bits per heavy atom. The molecule has 49 heavy (non-hydrogen) atoms. The average Bonchev–Trinajstić information content (AvgIpc) is 3.07. The lowest BCUT2D eigenvalue weighted by molar-refractivity contribution is -0.125. The van der Waals surface area contributed by atoms with Gasteiger partial charge in [-0.15, -0.1) is 0 Å². The maximum atomic E-state index is 11.4. The summed E-state index contributed by atoms with van der Waals surface area (Å²) in [6.45, 7) is 25.0. The summed E-state index contributed by atoms with van der Waals surface area (Å²) in [6, 6.07) is 18.3. The lowest BCUT2D eigenvalue weighted by Gasteiger charge is -2.43. The van der Waals surface area contributed by atoms with E-state index >= 15 is 0 Å². The molecule has 0 unspecified atom stereocenters. The number of aliphatic hydroxyl groups excluding tert-OH is 1. The van der Waals surface area contributed by atoms with Crippen molar-refractivity contribution in [2.24, 2.45) is 23.7 Å². The molecule has 0 fully saturated rings. The van der Waals surface area contributed by atoms with Gasteiger partial charge < -0.3 is 33.2 Å². The molecule has 0 spiro atoms. The first kappa shape index (κ1) is 43.4. The molecule has 0 aromatic heterocycles. The Morgan fingerprint density at radius 1 is 0.612 bits per heavy atom. The second-order valence-electron chi connectivity index (χ2n) is 15.2. The first-order valence-electron chi connectivity index (χ1n) is 18.6. The SMILES string of the molecule is COCOC[C@H](C)[C@H](OCc1ccccc1)[C@H](C)[C@@H](OCc1ccc(OC)cc1)[C@@H](C)CC[C@@H](O)[C@H](C)CO[Si](C(C)C)(C(C)C)C(C)C. The number of rotatable bonds is 25. The van der Waals surface area contributed by atoms with Crippen LogP contribution in [0.5, 0.6) is 5.75 Å². The third kappa shape index (κ3) is 13.4. The Labute approximate surface area is 300 Å². The van der Waals surface area contributed by atoms with Crippen LogP contribution in [0.1, 0.15) is 93.2 Å². The smallest absolute Gasteiger partial charge is 0.200 e. The topological polar surface area (TPSA) is 75.6 Å². The van der Waals surface area contributed by atoms with E-state index in [1.807, 2.05) is 30.3 Å². The van der Waals surface area contributed by atoms with Crippen LogP contribution >= 0.6 is 0 Å². The van der Waals surface area contributed by atoms with Crippen molar-refractivity contribution in [3.63, 3.8) is 0 Å². The van der Waals surface area contributed by atoms with Crippen LogP contribution in [0.4, 0.5) is 0 Å². The highest BCUT2D eigenvalue weighted by molar-refractivity contribution is 6.77. The van der Waals surface area contributed by atoms with E-state index in [2.05, 4.69) is 93.5 Å². The van der Waals surface area contributed by atoms with Crippen molar-refractivity contribution in [3.05, 3.63) is 65.7 Å². The van der Waals surface area contributed by atoms with Crippen molar-refractivity contribution in [2.75, 3.05) is 34.2 Å². The molecule has 1 N–H and O–H groups in total. The minimum absolute atomic E-state index is 0.0470. The second kappa shape index (κ2) is 22.2. The molecule has 7 nitrogen and oxygen atoms in total. The highest BCUT2D eigenvalue weighted by Crippen LogP contribution is 2.42. The third-order valence-corrected chi connectivity index (χ3v) is 16.6. The van der Waals surface area contributed by atoms with Crippen molar-refractivity contribution < 1.29 is 33.2 Å². The summed E-state index contributed by atoms with van der Waals surface area (Å²) in [5.74, 6) is 1.19. The zero-order valence-electron chi connectivity index (χ0n) is 32.8. The fraction of sp³-hybridized carbons (Fsp3) is 0.707. The van der Waals surface area contributed by atoms with Gasteiger partial charge in [0.25, 0.3) is 0 Å². The van der Waals surface area contributed by atoms with Crippen molar-refractivity contribution in [1.82, 2.24) is 0 Å². The Bertz CT molecular complexity index is 1100. The quantitative estimate of drug-likeness (QED) is 0.0627. The molecule has 0 bridgehead atoms. The number of ether oxygens (including phenoxy) is 5. The Balaban J connectivity index is 2.24. The first-order valence-corrected chi connectivity index (χ1v) is 20.7. The van der Waals surface area contributed by atoms with Gasteiger partial charge in [0.15, 0.2) is 8.32 Å². The van der Waals surface area contributed by atoms with E-state index in [9.17, 15) is 5.11 Å². The predicted octanol–water partition coefficient (Wildman–Crippen LogP) is 9.66. The molecule has 2 aromatic carbocycles. The van der Waals surface area contributed by atoms with Crippen molar-refractivity contribution in [1.29, 1.82) is 0 Å². The molecule has 0 aliphatic carbocycles. The van der Waals surface area contributed by atoms with E-state index in [1.165, 1.54) is 0 Å². The molecule has 7 atom stereocenters. The van der Waals surface area contributed by atoms with Crippen molar-refractivity contribution >= 4 is 8.32 Å². The normalized spacial score (nSPS) is 16.8. The third-order valence-electron chi connectivity index (χ3n) is 10.5. The average molecular weight is 703 g/mol. The number of hydrogen-bond donors (Lipinski definition) is 1. The lowest BCUT2D eigenvalue weighted by Crippen LogP contribution is -2.49. The van der Waals surface area contributed by atoms with Crippen molar-refractivity contribution in [2.45, 2.75) is 130 Å². The summed E-state index contributed by atoms with van der Waals surface area (Å²) in [6.07, 6.45) is 0.810. The van der Waals surface area contributed by atoms with E-state index in [0.29, 0.717) is 49.5 Å². The summed E-state index contributed by atoms with van der Waals surface area (Å²) in [7, 11) is 1.31. The van der Waals surface area contributed by atoms with Gasteiger partial charge >= 0.3 is 0 Å². The summed E-state index contributed by atoms with van der Waals surface area (Å²) in [5, 5.41) is 11.4. The highest BCUT2D eigenvalue weighted by Gasteiger charge is 2.45. The van der Waals surface area contributed by atoms with Gasteiger partial charge in [-0.05, 0) is 58.6 Å². The molecule has 2 aromatic rings. The standard InChI is InChI=1S/C41H70O7Si/c1-29(2)49(30(3)4,31(5)6)48-25-33(8)39(42)23-18-32(7)40(46-27-37-19-21-38(44-12)22-20-37)35(10)41(34(9)24-45-28-43-11)47-26-36-16-14-13-15-17-36/h13-17,19-22,29-35,39-42H,18,23-28H2,1-12H3/t32-,33+,34-,35+,39+,40-,41-/m0/s1. The molecule has 280 valence electrons. The van der Waals surface area contributed by atoms with E-state index in [0.717, 1.165) is 23.3 Å². The molecule has 0 saturated carbocycles. The van der Waals surface area contributed by atoms with Crippen LogP contribution in [0.3, 0.4) is 0 Å². The monoisotopic (exact) mass is 702 g/mol. The van der Waals surface area contributed by atoms with E-state index < -0.39 is 14.4 Å². The summed E-state index contributed by atoms with van der Waals surface area (Å²) in [5.41, 5.74) is 3.76. The minimum Gasteiger partial charge on any atom is -0.497 e. The van der Waals surface area contributed by atoms with Gasteiger partial charge in [0, 0.05) is 31.5 Å². The van der Waals surface area contributed by atoms with E-state index in [1.54, 1.807) is 14.2 Å². The summed E-state index contributed by atoms with van der Waals surface area (Å²) in [4.78, 5) is 0. The van der Waals surface area contributed by atoms with Gasteiger partial charge in [0.1, 0.15) is 12.5 Å². The highest BCUT2D eigenvalue weighted by atomic mass is 28.4. The first-order chi connectivity index (χ1) is 23.3. The zero-order valence-corrected chi connectivity index (χ0v) is 33.8. The lowest BCUT2D eigenvalue weighted by atomic mass is 9.81. The van der Waals surface area contributed by atoms with Crippen LogP contribution in [0, 0.1) is 23.7 Å². The van der Waals surface area contributed by atoms with Gasteiger partial charge in [-0.1, -0.05) is 112 Å². The fourth-order valence-corrected chi connectivity index (χ4v) is 13.3.